The molecule has 0 saturated heterocycles. The number of rotatable bonds is 11. The number of pyridine rings is 1. The summed E-state index contributed by atoms with van der Waals surface area (Å²) in [4.78, 5) is 24.1. The highest BCUT2D eigenvalue weighted by Gasteiger charge is 2.26. The molecule has 6 aromatic rings. The number of nitrogens with one attached hydrogen (secondary N) is 1. The van der Waals surface area contributed by atoms with E-state index in [-0.39, 0.29) is 18.2 Å². The van der Waals surface area contributed by atoms with Gasteiger partial charge in [0.15, 0.2) is 11.5 Å². The van der Waals surface area contributed by atoms with E-state index in [2.05, 4.69) is 14.8 Å². The lowest BCUT2D eigenvalue weighted by Crippen LogP contribution is -2.32. The molecule has 0 atom stereocenters. The number of carbonyl (C=O) groups excluding carboxylic acids is 1. The molecular weight excluding hydrogens is 648 g/mol. The lowest BCUT2D eigenvalue weighted by atomic mass is 10.1. The van der Waals surface area contributed by atoms with Crippen LogP contribution in [0.25, 0.3) is 33.5 Å². The molecule has 14 nitrogen and oxygen atoms in total. The van der Waals surface area contributed by atoms with Gasteiger partial charge in [0.2, 0.25) is 15.9 Å². The molecule has 0 aliphatic carbocycles. The van der Waals surface area contributed by atoms with E-state index in [0.29, 0.717) is 62.0 Å². The van der Waals surface area contributed by atoms with E-state index < -0.39 is 15.9 Å². The summed E-state index contributed by atoms with van der Waals surface area (Å²) in [5.74, 6) is 0.972. The first kappa shape index (κ1) is 31.6. The quantitative estimate of drug-likeness (QED) is 0.196. The molecule has 6 rings (SSSR count). The van der Waals surface area contributed by atoms with Crippen molar-refractivity contribution in [3.63, 3.8) is 0 Å². The molecule has 0 radical (unpaired) electrons. The minimum absolute atomic E-state index is 0.0684. The van der Waals surface area contributed by atoms with Crippen LogP contribution in [0.2, 0.25) is 0 Å². The monoisotopic (exact) mass is 676 g/mol. The third kappa shape index (κ3) is 6.22. The van der Waals surface area contributed by atoms with E-state index in [1.807, 2.05) is 6.07 Å². The second-order valence-corrected chi connectivity index (χ2v) is 12.3. The van der Waals surface area contributed by atoms with Gasteiger partial charge in [-0.15, -0.1) is 16.7 Å². The fraction of sp³-hybridized carbons (Fsp3) is 0.194. The van der Waals surface area contributed by atoms with Gasteiger partial charge in [-0.05, 0) is 36.4 Å². The summed E-state index contributed by atoms with van der Waals surface area (Å²) < 4.78 is 46.2. The van der Waals surface area contributed by atoms with Crippen molar-refractivity contribution < 1.29 is 27.4 Å². The van der Waals surface area contributed by atoms with Gasteiger partial charge in [-0.3, -0.25) is 19.4 Å². The predicted octanol–water partition coefficient (Wildman–Crippen LogP) is 4.30. The standard InChI is InChI=1S/C31H29ClN8O6S/c1-44-21-8-6-19(27(13-21)45-2)18-38(29(41)15-32)31-23-16-34-24(22-17-35-39-11-5-10-33-30(22)39)14-26(23)40(36-31)25-9-7-20(12-28(25)46-3)37-47(4,42)43/h5-14,16-17,37H,15,18H2,1-4H3. The minimum atomic E-state index is -3.55. The Bertz CT molecular complexity index is 2240. The fourth-order valence-corrected chi connectivity index (χ4v) is 5.87. The largest absolute Gasteiger partial charge is 0.497 e. The molecule has 4 heterocycles. The molecule has 0 saturated carbocycles. The number of hydrogen-bond acceptors (Lipinski definition) is 10. The topological polar surface area (TPSA) is 155 Å². The number of amides is 1. The van der Waals surface area contributed by atoms with Crippen LogP contribution < -0.4 is 23.8 Å². The molecule has 0 aliphatic rings. The van der Waals surface area contributed by atoms with E-state index in [1.165, 1.54) is 19.1 Å². The highest BCUT2D eigenvalue weighted by Crippen LogP contribution is 2.37. The van der Waals surface area contributed by atoms with Crippen LogP contribution in [0.15, 0.2) is 73.3 Å². The number of carbonyl (C=O) groups is 1. The molecule has 0 spiro atoms. The Morgan fingerprint density at radius 2 is 1.81 bits per heavy atom. The van der Waals surface area contributed by atoms with Crippen LogP contribution in [0.3, 0.4) is 0 Å². The lowest BCUT2D eigenvalue weighted by molar-refractivity contribution is -0.116. The van der Waals surface area contributed by atoms with E-state index in [9.17, 15) is 13.2 Å². The SMILES string of the molecule is COc1ccc(CN(C(=O)CCl)c2nn(-c3ccc(NS(C)(=O)=O)cc3OC)c3cc(-c4cnn5cccnc45)ncc23)c(OC)c1. The summed E-state index contributed by atoms with van der Waals surface area (Å²) in [6, 6.07) is 13.7. The van der Waals surface area contributed by atoms with E-state index >= 15 is 0 Å². The molecule has 2 aromatic carbocycles. The Balaban J connectivity index is 1.57. The zero-order valence-corrected chi connectivity index (χ0v) is 27.3. The van der Waals surface area contributed by atoms with Crippen LogP contribution in [0.4, 0.5) is 11.5 Å². The first-order chi connectivity index (χ1) is 22.6. The Labute approximate surface area is 274 Å². The molecule has 1 amide bonds. The van der Waals surface area contributed by atoms with Gasteiger partial charge in [-0.25, -0.2) is 22.6 Å². The van der Waals surface area contributed by atoms with Crippen LogP contribution in [-0.4, -0.2) is 77.2 Å². The minimum Gasteiger partial charge on any atom is -0.497 e. The summed E-state index contributed by atoms with van der Waals surface area (Å²) in [5, 5.41) is 9.84. The maximum absolute atomic E-state index is 13.5. The predicted molar refractivity (Wildman–Crippen MR) is 177 cm³/mol. The Hall–Kier alpha value is -5.41. The van der Waals surface area contributed by atoms with Gasteiger partial charge in [0.1, 0.15) is 28.8 Å². The van der Waals surface area contributed by atoms with Crippen LogP contribution in [0.5, 0.6) is 17.2 Å². The highest BCUT2D eigenvalue weighted by molar-refractivity contribution is 7.92. The van der Waals surface area contributed by atoms with Crippen molar-refractivity contribution in [2.75, 3.05) is 43.1 Å². The number of aromatic nitrogens is 6. The second kappa shape index (κ2) is 12.8. The Morgan fingerprint density at radius 1 is 1.00 bits per heavy atom. The van der Waals surface area contributed by atoms with Crippen molar-refractivity contribution in [3.8, 4) is 34.2 Å². The number of benzene rings is 2. The number of methoxy groups -OCH3 is 3. The number of ether oxygens (including phenoxy) is 3. The third-order valence-corrected chi connectivity index (χ3v) is 8.14. The van der Waals surface area contributed by atoms with Crippen LogP contribution in [0, 0.1) is 0 Å². The summed E-state index contributed by atoms with van der Waals surface area (Å²) in [5.41, 5.74) is 3.86. The fourth-order valence-electron chi connectivity index (χ4n) is 5.17. The number of hydrogen-bond donors (Lipinski definition) is 1. The van der Waals surface area contributed by atoms with Crippen molar-refractivity contribution in [3.05, 3.63) is 78.9 Å². The van der Waals surface area contributed by atoms with Crippen molar-refractivity contribution >= 4 is 55.6 Å². The number of alkyl halides is 1. The van der Waals surface area contributed by atoms with Gasteiger partial charge in [-0.1, -0.05) is 0 Å². The van der Waals surface area contributed by atoms with Crippen LogP contribution in [-0.2, 0) is 21.4 Å². The molecule has 0 aliphatic heterocycles. The first-order valence-corrected chi connectivity index (χ1v) is 16.5. The molecule has 0 fully saturated rings. The van der Waals surface area contributed by atoms with Crippen molar-refractivity contribution in [2.24, 2.45) is 0 Å². The number of anilines is 2. The average molecular weight is 677 g/mol. The van der Waals surface area contributed by atoms with Crippen molar-refractivity contribution in [1.82, 2.24) is 29.4 Å². The van der Waals surface area contributed by atoms with Crippen molar-refractivity contribution in [2.45, 2.75) is 6.54 Å². The van der Waals surface area contributed by atoms with Gasteiger partial charge in [0, 0.05) is 36.3 Å². The summed E-state index contributed by atoms with van der Waals surface area (Å²) in [6.45, 7) is 0.0684. The first-order valence-electron chi connectivity index (χ1n) is 14.0. The van der Waals surface area contributed by atoms with E-state index in [1.54, 1.807) is 83.6 Å². The Kier molecular flexibility index (Phi) is 8.58. The number of halogens is 1. The molecule has 0 bridgehead atoms. The zero-order chi connectivity index (χ0) is 33.3. The van der Waals surface area contributed by atoms with Gasteiger partial charge in [-0.2, -0.15) is 5.10 Å². The molecule has 1 N–H and O–H groups in total. The number of sulfonamides is 1. The van der Waals surface area contributed by atoms with E-state index in [4.69, 9.17) is 35.9 Å². The summed E-state index contributed by atoms with van der Waals surface area (Å²) in [7, 11) is 1.01. The van der Waals surface area contributed by atoms with Crippen LogP contribution in [0.1, 0.15) is 5.56 Å². The zero-order valence-electron chi connectivity index (χ0n) is 25.7. The van der Waals surface area contributed by atoms with Gasteiger partial charge in [0.25, 0.3) is 0 Å². The number of nitrogens with zero attached hydrogens (tertiary/aromatic N) is 7. The summed E-state index contributed by atoms with van der Waals surface area (Å²) in [6.07, 6.45) is 7.81. The molecule has 242 valence electrons. The molecule has 47 heavy (non-hydrogen) atoms. The number of fused-ring (bicyclic) bond motifs is 2. The maximum atomic E-state index is 13.5. The maximum Gasteiger partial charge on any atom is 0.243 e. The lowest BCUT2D eigenvalue weighted by Gasteiger charge is -2.21. The van der Waals surface area contributed by atoms with E-state index in [0.717, 1.165) is 6.26 Å². The van der Waals surface area contributed by atoms with Gasteiger partial charge in [0.05, 0.1) is 68.2 Å². The second-order valence-electron chi connectivity index (χ2n) is 10.3. The highest BCUT2D eigenvalue weighted by atomic mass is 35.5. The van der Waals surface area contributed by atoms with Crippen molar-refractivity contribution in [1.29, 1.82) is 0 Å². The molecule has 0 unspecified atom stereocenters. The van der Waals surface area contributed by atoms with Crippen LogP contribution >= 0.6 is 11.6 Å². The smallest absolute Gasteiger partial charge is 0.243 e. The van der Waals surface area contributed by atoms with Gasteiger partial charge >= 0.3 is 0 Å². The molecule has 16 heteroatoms. The Morgan fingerprint density at radius 3 is 2.53 bits per heavy atom. The van der Waals surface area contributed by atoms with Gasteiger partial charge < -0.3 is 14.2 Å². The molecule has 4 aromatic heterocycles. The third-order valence-electron chi connectivity index (χ3n) is 7.31. The normalized spacial score (nSPS) is 11.5. The summed E-state index contributed by atoms with van der Waals surface area (Å²) >= 11 is 6.14. The average Bonchev–Trinajstić information content (AvgIpc) is 3.67. The molecular formula is C31H29ClN8O6S.